The molecule has 0 bridgehead atoms. The van der Waals surface area contributed by atoms with Crippen LogP contribution in [0.3, 0.4) is 0 Å². The molecule has 0 aromatic rings. The van der Waals surface area contributed by atoms with E-state index in [-0.39, 0.29) is 18.7 Å². The summed E-state index contributed by atoms with van der Waals surface area (Å²) in [7, 11) is 1.60. The minimum atomic E-state index is -0.237. The van der Waals surface area contributed by atoms with Crippen LogP contribution in [0.5, 0.6) is 0 Å². The molecule has 0 N–H and O–H groups in total. The van der Waals surface area contributed by atoms with E-state index in [0.717, 1.165) is 0 Å². The predicted molar refractivity (Wildman–Crippen MR) is 41.0 cm³/mol. The van der Waals surface area contributed by atoms with Gasteiger partial charge in [0.25, 0.3) is 0 Å². The lowest BCUT2D eigenvalue weighted by Crippen LogP contribution is -2.19. The molecule has 0 radical (unpaired) electrons. The third-order valence-electron chi connectivity index (χ3n) is 1.33. The molecule has 2 unspecified atom stereocenters. The fourth-order valence-corrected chi connectivity index (χ4v) is 0.884. The van der Waals surface area contributed by atoms with Crippen LogP contribution in [0.25, 0.3) is 0 Å². The summed E-state index contributed by atoms with van der Waals surface area (Å²) in [6, 6.07) is 0. The van der Waals surface area contributed by atoms with E-state index in [4.69, 9.17) is 14.2 Å². The molecule has 2 atom stereocenters. The van der Waals surface area contributed by atoms with E-state index in [1.165, 1.54) is 0 Å². The van der Waals surface area contributed by atoms with Crippen LogP contribution < -0.4 is 0 Å². The maximum atomic E-state index is 5.35. The molecule has 1 rings (SSSR count). The molecule has 0 aromatic carbocycles. The molecule has 3 nitrogen and oxygen atoms in total. The molecule has 0 fully saturated rings. The maximum Gasteiger partial charge on any atom is 0.180 e. The Hall–Kier alpha value is -0.380. The third kappa shape index (κ3) is 2.61. The van der Waals surface area contributed by atoms with Gasteiger partial charge in [-0.15, -0.1) is 0 Å². The second kappa shape index (κ2) is 3.85. The van der Waals surface area contributed by atoms with Crippen LogP contribution in [-0.4, -0.2) is 25.8 Å². The lowest BCUT2D eigenvalue weighted by atomic mass is 10.4. The molecule has 11 heavy (non-hydrogen) atoms. The highest BCUT2D eigenvalue weighted by Crippen LogP contribution is 2.13. The number of hydrogen-bond donors (Lipinski definition) is 0. The Kier molecular flexibility index (Phi) is 3.05. The molecule has 0 saturated carbocycles. The minimum absolute atomic E-state index is 0.181. The summed E-state index contributed by atoms with van der Waals surface area (Å²) in [6.45, 7) is 3.94. The summed E-state index contributed by atoms with van der Waals surface area (Å²) in [6.07, 6.45) is 3.40. The molecule has 1 heterocycles. The van der Waals surface area contributed by atoms with Crippen LogP contribution in [0.1, 0.15) is 13.8 Å². The molecule has 0 amide bonds. The zero-order chi connectivity index (χ0) is 8.27. The molecule has 0 spiro atoms. The first-order valence-electron chi connectivity index (χ1n) is 3.74. The number of hydrogen-bond acceptors (Lipinski definition) is 3. The summed E-state index contributed by atoms with van der Waals surface area (Å²) in [5.41, 5.74) is 0. The molecule has 3 heteroatoms. The van der Waals surface area contributed by atoms with E-state index in [1.54, 1.807) is 7.11 Å². The van der Waals surface area contributed by atoms with Crippen molar-refractivity contribution >= 4 is 0 Å². The lowest BCUT2D eigenvalue weighted by Gasteiger charge is -2.15. The van der Waals surface area contributed by atoms with Gasteiger partial charge in [-0.3, -0.25) is 0 Å². The Bertz CT molecular complexity index is 142. The summed E-state index contributed by atoms with van der Waals surface area (Å²) in [5, 5.41) is 0. The van der Waals surface area contributed by atoms with Gasteiger partial charge in [0.05, 0.1) is 6.10 Å². The van der Waals surface area contributed by atoms with E-state index >= 15 is 0 Å². The van der Waals surface area contributed by atoms with Crippen molar-refractivity contribution in [2.45, 2.75) is 32.5 Å². The van der Waals surface area contributed by atoms with Gasteiger partial charge in [-0.05, 0) is 26.0 Å². The molecule has 0 aliphatic carbocycles. The quantitative estimate of drug-likeness (QED) is 0.579. The van der Waals surface area contributed by atoms with Crippen LogP contribution in [0.4, 0.5) is 0 Å². The first-order chi connectivity index (χ1) is 5.22. The smallest absolute Gasteiger partial charge is 0.180 e. The van der Waals surface area contributed by atoms with E-state index in [1.807, 2.05) is 26.0 Å². The van der Waals surface area contributed by atoms with Crippen molar-refractivity contribution in [1.82, 2.24) is 0 Å². The monoisotopic (exact) mass is 158 g/mol. The molecule has 1 aliphatic heterocycles. The summed E-state index contributed by atoms with van der Waals surface area (Å²) in [5.74, 6) is 0. The molecule has 0 aromatic heterocycles. The van der Waals surface area contributed by atoms with E-state index in [0.29, 0.717) is 0 Å². The zero-order valence-corrected chi connectivity index (χ0v) is 7.11. The molecular formula is C8H14O3. The van der Waals surface area contributed by atoms with Gasteiger partial charge in [-0.25, -0.2) is 0 Å². The van der Waals surface area contributed by atoms with E-state index in [2.05, 4.69) is 0 Å². The standard InChI is InChI=1S/C8H14O3/c1-6(2)10-8-5-4-7(9-3)11-8/h4-8H,1-3H3. The number of rotatable bonds is 3. The third-order valence-corrected chi connectivity index (χ3v) is 1.33. The Morgan fingerprint density at radius 3 is 2.36 bits per heavy atom. The SMILES string of the molecule is COC1C=CC(OC(C)C)O1. The van der Waals surface area contributed by atoms with E-state index in [9.17, 15) is 0 Å². The van der Waals surface area contributed by atoms with Crippen molar-refractivity contribution in [1.29, 1.82) is 0 Å². The van der Waals surface area contributed by atoms with Crippen molar-refractivity contribution in [2.24, 2.45) is 0 Å². The molecule has 0 saturated heterocycles. The fraction of sp³-hybridized carbons (Fsp3) is 0.750. The van der Waals surface area contributed by atoms with Gasteiger partial charge in [0.15, 0.2) is 12.6 Å². The zero-order valence-electron chi connectivity index (χ0n) is 7.11. The van der Waals surface area contributed by atoms with Crippen LogP contribution in [0.2, 0.25) is 0 Å². The first kappa shape index (κ1) is 8.71. The van der Waals surface area contributed by atoms with Crippen LogP contribution in [0.15, 0.2) is 12.2 Å². The van der Waals surface area contributed by atoms with Crippen molar-refractivity contribution in [3.8, 4) is 0 Å². The van der Waals surface area contributed by atoms with Gasteiger partial charge >= 0.3 is 0 Å². The van der Waals surface area contributed by atoms with Crippen LogP contribution >= 0.6 is 0 Å². The van der Waals surface area contributed by atoms with Gasteiger partial charge in [0.1, 0.15) is 0 Å². The molecular weight excluding hydrogens is 144 g/mol. The van der Waals surface area contributed by atoms with Gasteiger partial charge in [-0.2, -0.15) is 0 Å². The number of ether oxygens (including phenoxy) is 3. The Labute approximate surface area is 66.9 Å². The van der Waals surface area contributed by atoms with Crippen LogP contribution in [0, 0.1) is 0 Å². The highest BCUT2D eigenvalue weighted by molar-refractivity contribution is 4.95. The normalized spacial score (nSPS) is 30.2. The van der Waals surface area contributed by atoms with Gasteiger partial charge in [-0.1, -0.05) is 0 Å². The van der Waals surface area contributed by atoms with E-state index < -0.39 is 0 Å². The average Bonchev–Trinajstić information content (AvgIpc) is 2.34. The molecule has 1 aliphatic rings. The average molecular weight is 158 g/mol. The maximum absolute atomic E-state index is 5.35. The Balaban J connectivity index is 2.26. The second-order valence-electron chi connectivity index (χ2n) is 2.68. The van der Waals surface area contributed by atoms with Gasteiger partial charge in [0, 0.05) is 7.11 Å². The number of methoxy groups -OCH3 is 1. The van der Waals surface area contributed by atoms with Gasteiger partial charge < -0.3 is 14.2 Å². The fourth-order valence-electron chi connectivity index (χ4n) is 0.884. The van der Waals surface area contributed by atoms with Crippen molar-refractivity contribution < 1.29 is 14.2 Å². The second-order valence-corrected chi connectivity index (χ2v) is 2.68. The summed E-state index contributed by atoms with van der Waals surface area (Å²) < 4.78 is 15.6. The minimum Gasteiger partial charge on any atom is -0.352 e. The molecule has 64 valence electrons. The van der Waals surface area contributed by atoms with Crippen LogP contribution in [-0.2, 0) is 14.2 Å². The predicted octanol–water partition coefficient (Wildman–Crippen LogP) is 1.30. The Morgan fingerprint density at radius 1 is 1.27 bits per heavy atom. The van der Waals surface area contributed by atoms with Crippen molar-refractivity contribution in [3.63, 3.8) is 0 Å². The van der Waals surface area contributed by atoms with Crippen molar-refractivity contribution in [3.05, 3.63) is 12.2 Å². The van der Waals surface area contributed by atoms with Gasteiger partial charge in [0.2, 0.25) is 0 Å². The topological polar surface area (TPSA) is 27.7 Å². The summed E-state index contributed by atoms with van der Waals surface area (Å²) >= 11 is 0. The first-order valence-corrected chi connectivity index (χ1v) is 3.74. The summed E-state index contributed by atoms with van der Waals surface area (Å²) in [4.78, 5) is 0. The highest BCUT2D eigenvalue weighted by Gasteiger charge is 2.19. The highest BCUT2D eigenvalue weighted by atomic mass is 16.8. The lowest BCUT2D eigenvalue weighted by molar-refractivity contribution is -0.195. The van der Waals surface area contributed by atoms with Crippen molar-refractivity contribution in [2.75, 3.05) is 7.11 Å². The Morgan fingerprint density at radius 2 is 1.91 bits per heavy atom. The largest absolute Gasteiger partial charge is 0.352 e.